The Morgan fingerprint density at radius 1 is 1.07 bits per heavy atom. The molecule has 1 aromatic heterocycles. The summed E-state index contributed by atoms with van der Waals surface area (Å²) in [7, 11) is -3.33. The van der Waals surface area contributed by atoms with Crippen LogP contribution in [0.4, 0.5) is 5.13 Å². The van der Waals surface area contributed by atoms with E-state index in [1.165, 1.54) is 17.6 Å². The lowest BCUT2D eigenvalue weighted by atomic mass is 10.0. The first-order chi connectivity index (χ1) is 13.7. The van der Waals surface area contributed by atoms with Gasteiger partial charge in [0.1, 0.15) is 5.52 Å². The van der Waals surface area contributed by atoms with Crippen LogP contribution in [0.25, 0.3) is 10.2 Å². The van der Waals surface area contributed by atoms with Gasteiger partial charge >= 0.3 is 0 Å². The Morgan fingerprint density at radius 3 is 2.48 bits per heavy atom. The first kappa shape index (κ1) is 19.8. The van der Waals surface area contributed by atoms with E-state index in [4.69, 9.17) is 0 Å². The minimum Gasteiger partial charge on any atom is -0.345 e. The van der Waals surface area contributed by atoms with Crippen molar-refractivity contribution in [3.63, 3.8) is 0 Å². The van der Waals surface area contributed by atoms with Gasteiger partial charge in [0.2, 0.25) is 0 Å². The van der Waals surface area contributed by atoms with Gasteiger partial charge in [-0.2, -0.15) is 0 Å². The van der Waals surface area contributed by atoms with E-state index in [9.17, 15) is 13.2 Å². The number of rotatable bonds is 3. The van der Waals surface area contributed by atoms with Crippen molar-refractivity contribution in [2.45, 2.75) is 18.7 Å². The molecule has 0 spiro atoms. The number of hydrogen-bond donors (Lipinski definition) is 0. The third-order valence-electron chi connectivity index (χ3n) is 5.23. The molecule has 1 saturated heterocycles. The number of aryl methyl sites for hydroxylation is 2. The Hall–Kier alpha value is -2.45. The SMILES string of the molecule is Cc1ccc(C)c(C(=O)N2CCN(c3nc4c(S(C)(=O)=O)cccc4s3)CC2)c1. The van der Waals surface area contributed by atoms with E-state index in [2.05, 4.69) is 9.88 Å². The highest BCUT2D eigenvalue weighted by molar-refractivity contribution is 7.91. The van der Waals surface area contributed by atoms with E-state index < -0.39 is 9.84 Å². The number of carbonyl (C=O) groups is 1. The first-order valence-corrected chi connectivity index (χ1v) is 12.2. The summed E-state index contributed by atoms with van der Waals surface area (Å²) >= 11 is 1.49. The Labute approximate surface area is 174 Å². The Balaban J connectivity index is 1.53. The lowest BCUT2D eigenvalue weighted by molar-refractivity contribution is 0.0746. The van der Waals surface area contributed by atoms with E-state index in [-0.39, 0.29) is 10.8 Å². The zero-order valence-electron chi connectivity index (χ0n) is 16.7. The highest BCUT2D eigenvalue weighted by atomic mass is 32.2. The average molecular weight is 430 g/mol. The van der Waals surface area contributed by atoms with Crippen LogP contribution in [-0.2, 0) is 9.84 Å². The van der Waals surface area contributed by atoms with Crippen LogP contribution in [0.15, 0.2) is 41.3 Å². The van der Waals surface area contributed by atoms with Crippen LogP contribution >= 0.6 is 11.3 Å². The van der Waals surface area contributed by atoms with Gasteiger partial charge in [0.25, 0.3) is 5.91 Å². The van der Waals surface area contributed by atoms with Crippen LogP contribution in [0.5, 0.6) is 0 Å². The Kier molecular flexibility index (Phi) is 5.08. The van der Waals surface area contributed by atoms with Crippen LogP contribution in [0.3, 0.4) is 0 Å². The Bertz CT molecular complexity index is 1190. The maximum atomic E-state index is 12.9. The smallest absolute Gasteiger partial charge is 0.254 e. The normalized spacial score (nSPS) is 15.1. The molecule has 0 radical (unpaired) electrons. The molecule has 0 saturated carbocycles. The third kappa shape index (κ3) is 3.86. The highest BCUT2D eigenvalue weighted by Gasteiger charge is 2.25. The maximum absolute atomic E-state index is 12.9. The molecule has 0 unspecified atom stereocenters. The predicted octanol–water partition coefficient (Wildman–Crippen LogP) is 3.28. The molecule has 0 N–H and O–H groups in total. The van der Waals surface area contributed by atoms with Crippen molar-refractivity contribution in [3.8, 4) is 0 Å². The summed E-state index contributed by atoms with van der Waals surface area (Å²) in [6, 6.07) is 11.2. The zero-order chi connectivity index (χ0) is 20.8. The van der Waals surface area contributed by atoms with Crippen LogP contribution in [0.1, 0.15) is 21.5 Å². The largest absolute Gasteiger partial charge is 0.345 e. The van der Waals surface area contributed by atoms with Gasteiger partial charge in [-0.25, -0.2) is 13.4 Å². The standard InChI is InChI=1S/C21H23N3O3S2/c1-14-7-8-15(2)16(13-14)20(25)23-9-11-24(12-10-23)21-22-19-17(28-21)5-4-6-18(19)29(3,26)27/h4-8,13H,9-12H2,1-3H3. The molecule has 1 fully saturated rings. The number of anilines is 1. The van der Waals surface area contributed by atoms with Crippen molar-refractivity contribution in [3.05, 3.63) is 53.1 Å². The predicted molar refractivity (Wildman–Crippen MR) is 117 cm³/mol. The number of piperazine rings is 1. The topological polar surface area (TPSA) is 70.6 Å². The summed E-state index contributed by atoms with van der Waals surface area (Å²) in [6.07, 6.45) is 1.21. The number of benzene rings is 2. The molecule has 2 heterocycles. The lowest BCUT2D eigenvalue weighted by Gasteiger charge is -2.34. The second-order valence-electron chi connectivity index (χ2n) is 7.47. The number of carbonyl (C=O) groups excluding carboxylic acids is 1. The molecule has 1 amide bonds. The molecule has 1 aliphatic heterocycles. The molecular formula is C21H23N3O3S2. The molecule has 0 bridgehead atoms. The van der Waals surface area contributed by atoms with Crippen LogP contribution in [0, 0.1) is 13.8 Å². The summed E-state index contributed by atoms with van der Waals surface area (Å²) in [5.41, 5.74) is 3.36. The molecule has 1 aliphatic rings. The fraction of sp³-hybridized carbons (Fsp3) is 0.333. The number of para-hydroxylation sites is 1. The lowest BCUT2D eigenvalue weighted by Crippen LogP contribution is -2.48. The molecule has 2 aromatic carbocycles. The molecule has 0 aliphatic carbocycles. The molecule has 29 heavy (non-hydrogen) atoms. The van der Waals surface area contributed by atoms with Crippen molar-refractivity contribution in [1.29, 1.82) is 0 Å². The fourth-order valence-corrected chi connectivity index (χ4v) is 5.52. The van der Waals surface area contributed by atoms with Gasteiger partial charge in [0.05, 0.1) is 9.60 Å². The second kappa shape index (κ2) is 7.42. The third-order valence-corrected chi connectivity index (χ3v) is 7.44. The van der Waals surface area contributed by atoms with Gasteiger partial charge in [-0.15, -0.1) is 0 Å². The molecule has 4 rings (SSSR count). The fourth-order valence-electron chi connectivity index (χ4n) is 3.58. The van der Waals surface area contributed by atoms with Gasteiger partial charge in [-0.3, -0.25) is 4.79 Å². The highest BCUT2D eigenvalue weighted by Crippen LogP contribution is 2.33. The first-order valence-electron chi connectivity index (χ1n) is 9.45. The number of nitrogens with zero attached hydrogens (tertiary/aromatic N) is 3. The van der Waals surface area contributed by atoms with Crippen molar-refractivity contribution < 1.29 is 13.2 Å². The average Bonchev–Trinajstić information content (AvgIpc) is 3.13. The minimum atomic E-state index is -3.33. The molecular weight excluding hydrogens is 406 g/mol. The van der Waals surface area contributed by atoms with Crippen LogP contribution in [0.2, 0.25) is 0 Å². The summed E-state index contributed by atoms with van der Waals surface area (Å²) in [6.45, 7) is 6.52. The summed E-state index contributed by atoms with van der Waals surface area (Å²) < 4.78 is 24.9. The molecule has 152 valence electrons. The van der Waals surface area contributed by atoms with E-state index in [0.717, 1.165) is 26.5 Å². The summed E-state index contributed by atoms with van der Waals surface area (Å²) in [5.74, 6) is 0.0644. The van der Waals surface area contributed by atoms with E-state index in [1.54, 1.807) is 12.1 Å². The van der Waals surface area contributed by atoms with Gasteiger partial charge in [0.15, 0.2) is 15.0 Å². The van der Waals surface area contributed by atoms with Gasteiger partial charge in [-0.05, 0) is 37.6 Å². The van der Waals surface area contributed by atoms with Crippen LogP contribution < -0.4 is 4.90 Å². The number of aromatic nitrogens is 1. The number of amides is 1. The quantitative estimate of drug-likeness (QED) is 0.639. The minimum absolute atomic E-state index is 0.0644. The number of fused-ring (bicyclic) bond motifs is 1. The van der Waals surface area contributed by atoms with Crippen molar-refractivity contribution in [2.24, 2.45) is 0 Å². The van der Waals surface area contributed by atoms with Crippen molar-refractivity contribution in [2.75, 3.05) is 37.3 Å². The van der Waals surface area contributed by atoms with Crippen LogP contribution in [-0.4, -0.2) is 56.6 Å². The van der Waals surface area contributed by atoms with Gasteiger partial charge in [-0.1, -0.05) is 35.1 Å². The van der Waals surface area contributed by atoms with E-state index in [1.807, 2.05) is 43.0 Å². The summed E-state index contributed by atoms with van der Waals surface area (Å²) in [5, 5.41) is 0.801. The van der Waals surface area contributed by atoms with Gasteiger partial charge in [0, 0.05) is 38.0 Å². The molecule has 3 aromatic rings. The molecule has 0 atom stereocenters. The van der Waals surface area contributed by atoms with Crippen molar-refractivity contribution in [1.82, 2.24) is 9.88 Å². The number of sulfone groups is 1. The van der Waals surface area contributed by atoms with E-state index in [0.29, 0.717) is 31.7 Å². The van der Waals surface area contributed by atoms with Crippen molar-refractivity contribution >= 4 is 42.4 Å². The molecule has 8 heteroatoms. The monoisotopic (exact) mass is 429 g/mol. The zero-order valence-corrected chi connectivity index (χ0v) is 18.3. The van der Waals surface area contributed by atoms with E-state index >= 15 is 0 Å². The molecule has 6 nitrogen and oxygen atoms in total. The Morgan fingerprint density at radius 2 is 1.79 bits per heavy atom. The van der Waals surface area contributed by atoms with Gasteiger partial charge < -0.3 is 9.80 Å². The number of hydrogen-bond acceptors (Lipinski definition) is 6. The maximum Gasteiger partial charge on any atom is 0.254 e. The second-order valence-corrected chi connectivity index (χ2v) is 10.5. The summed E-state index contributed by atoms with van der Waals surface area (Å²) in [4.78, 5) is 21.8. The number of thiazole rings is 1.